The lowest BCUT2D eigenvalue weighted by molar-refractivity contribution is -0.111. The molecule has 0 radical (unpaired) electrons. The normalized spacial score (nSPS) is 11.4. The van der Waals surface area contributed by atoms with Gasteiger partial charge in [-0.2, -0.15) is 0 Å². The molecule has 22 heavy (non-hydrogen) atoms. The Bertz CT molecular complexity index is 879. The van der Waals surface area contributed by atoms with Gasteiger partial charge in [-0.15, -0.1) is 11.3 Å². The predicted octanol–water partition coefficient (Wildman–Crippen LogP) is 4.32. The van der Waals surface area contributed by atoms with Crippen LogP contribution in [0.25, 0.3) is 11.0 Å². The number of carbonyl (C=O) groups excluding carboxylic acids is 1. The van der Waals surface area contributed by atoms with Crippen molar-refractivity contribution in [2.24, 2.45) is 0 Å². The summed E-state index contributed by atoms with van der Waals surface area (Å²) in [5, 5.41) is 5.19. The van der Waals surface area contributed by atoms with Crippen molar-refractivity contribution in [3.63, 3.8) is 0 Å². The van der Waals surface area contributed by atoms with Gasteiger partial charge in [-0.1, -0.05) is 23.7 Å². The summed E-state index contributed by atoms with van der Waals surface area (Å²) in [6.07, 6.45) is 5.02. The largest absolute Gasteiger partial charge is 0.322 e. The Labute approximate surface area is 137 Å². The molecule has 112 valence electrons. The Morgan fingerprint density at radius 1 is 1.41 bits per heavy atom. The van der Waals surface area contributed by atoms with E-state index in [-0.39, 0.29) is 5.91 Å². The second-order valence-corrected chi connectivity index (χ2v) is 6.14. The number of anilines is 1. The van der Waals surface area contributed by atoms with E-state index in [0.29, 0.717) is 10.8 Å². The van der Waals surface area contributed by atoms with E-state index < -0.39 is 0 Å². The Kier molecular flexibility index (Phi) is 4.00. The van der Waals surface area contributed by atoms with Gasteiger partial charge in [0.2, 0.25) is 5.91 Å². The number of amides is 1. The number of nitrogens with one attached hydrogen (secondary N) is 1. The molecule has 0 spiro atoms. The summed E-state index contributed by atoms with van der Waals surface area (Å²) in [6, 6.07) is 5.82. The van der Waals surface area contributed by atoms with Crippen molar-refractivity contribution in [2.45, 2.75) is 13.8 Å². The first-order chi connectivity index (χ1) is 10.6. The van der Waals surface area contributed by atoms with E-state index in [9.17, 15) is 4.79 Å². The molecule has 3 rings (SSSR count). The molecule has 1 aromatic carbocycles. The van der Waals surface area contributed by atoms with Crippen molar-refractivity contribution in [2.75, 3.05) is 5.32 Å². The summed E-state index contributed by atoms with van der Waals surface area (Å²) in [5.41, 5.74) is 3.72. The quantitative estimate of drug-likeness (QED) is 0.726. The number of thiazole rings is 1. The molecule has 4 nitrogen and oxygen atoms in total. The van der Waals surface area contributed by atoms with Crippen LogP contribution < -0.4 is 5.32 Å². The van der Waals surface area contributed by atoms with Gasteiger partial charge in [0, 0.05) is 23.3 Å². The highest BCUT2D eigenvalue weighted by Gasteiger charge is 2.09. The molecule has 2 heterocycles. The predicted molar refractivity (Wildman–Crippen MR) is 91.7 cm³/mol. The minimum absolute atomic E-state index is 0.199. The summed E-state index contributed by atoms with van der Waals surface area (Å²) < 4.78 is 1.86. The van der Waals surface area contributed by atoms with E-state index in [4.69, 9.17) is 11.6 Å². The molecule has 0 unspecified atom stereocenters. The average Bonchev–Trinajstić information content (AvgIpc) is 3.02. The van der Waals surface area contributed by atoms with Crippen LogP contribution in [0.1, 0.15) is 16.8 Å². The topological polar surface area (TPSA) is 46.4 Å². The number of nitrogens with zero attached hydrogens (tertiary/aromatic N) is 2. The number of hydrogen-bond acceptors (Lipinski definition) is 3. The first-order valence-electron chi connectivity index (χ1n) is 6.72. The van der Waals surface area contributed by atoms with Crippen LogP contribution >= 0.6 is 22.9 Å². The second-order valence-electron chi connectivity index (χ2n) is 4.91. The number of aromatic nitrogens is 2. The summed E-state index contributed by atoms with van der Waals surface area (Å²) in [6.45, 7) is 4.00. The number of carbonyl (C=O) groups is 1. The summed E-state index contributed by atoms with van der Waals surface area (Å²) in [4.78, 5) is 17.1. The molecule has 2 aromatic heterocycles. The molecule has 0 fully saturated rings. The zero-order valence-electron chi connectivity index (χ0n) is 12.1. The second kappa shape index (κ2) is 5.94. The van der Waals surface area contributed by atoms with Crippen molar-refractivity contribution < 1.29 is 4.79 Å². The van der Waals surface area contributed by atoms with Crippen LogP contribution in [0.15, 0.2) is 35.9 Å². The highest BCUT2D eigenvalue weighted by atomic mass is 35.5. The van der Waals surface area contributed by atoms with Crippen molar-refractivity contribution in [3.8, 4) is 0 Å². The highest BCUT2D eigenvalue weighted by molar-refractivity contribution is 7.15. The molecule has 3 aromatic rings. The molecular weight excluding hydrogens is 318 g/mol. The molecule has 0 aliphatic rings. The number of benzene rings is 1. The number of hydrogen-bond donors (Lipinski definition) is 1. The van der Waals surface area contributed by atoms with Crippen molar-refractivity contribution >= 4 is 45.6 Å². The van der Waals surface area contributed by atoms with Crippen LogP contribution in [-0.2, 0) is 4.79 Å². The Balaban J connectivity index is 1.80. The number of rotatable bonds is 3. The van der Waals surface area contributed by atoms with Crippen LogP contribution in [0.2, 0.25) is 5.15 Å². The highest BCUT2D eigenvalue weighted by Crippen LogP contribution is 2.22. The van der Waals surface area contributed by atoms with E-state index in [1.54, 1.807) is 6.08 Å². The molecular formula is C16H14ClN3OS. The van der Waals surface area contributed by atoms with Gasteiger partial charge < -0.3 is 5.32 Å². The maximum Gasteiger partial charge on any atom is 0.248 e. The monoisotopic (exact) mass is 331 g/mol. The van der Waals surface area contributed by atoms with Crippen LogP contribution in [0.4, 0.5) is 5.69 Å². The fourth-order valence-electron chi connectivity index (χ4n) is 2.14. The molecule has 0 atom stereocenters. The molecule has 0 saturated heterocycles. The molecule has 0 aliphatic carbocycles. The van der Waals surface area contributed by atoms with Gasteiger partial charge in [0.25, 0.3) is 0 Å². The van der Waals surface area contributed by atoms with Gasteiger partial charge in [-0.3, -0.25) is 9.20 Å². The van der Waals surface area contributed by atoms with Gasteiger partial charge in [0.1, 0.15) is 0 Å². The zero-order valence-corrected chi connectivity index (χ0v) is 13.7. The zero-order chi connectivity index (χ0) is 15.7. The first-order valence-corrected chi connectivity index (χ1v) is 7.98. The minimum Gasteiger partial charge on any atom is -0.322 e. The minimum atomic E-state index is -0.199. The molecule has 1 amide bonds. The number of aryl methyl sites for hydroxylation is 1. The van der Waals surface area contributed by atoms with Gasteiger partial charge in [-0.05, 0) is 37.1 Å². The molecule has 6 heteroatoms. The molecule has 0 bridgehead atoms. The van der Waals surface area contributed by atoms with Gasteiger partial charge in [-0.25, -0.2) is 4.98 Å². The Hall–Kier alpha value is -2.11. The van der Waals surface area contributed by atoms with Gasteiger partial charge >= 0.3 is 0 Å². The van der Waals surface area contributed by atoms with E-state index in [0.717, 1.165) is 21.8 Å². The molecule has 0 aliphatic heterocycles. The first kappa shape index (κ1) is 14.8. The van der Waals surface area contributed by atoms with Crippen molar-refractivity contribution in [3.05, 3.63) is 57.8 Å². The lowest BCUT2D eigenvalue weighted by atomic mass is 10.1. The van der Waals surface area contributed by atoms with Crippen LogP contribution in [0.3, 0.4) is 0 Å². The maximum absolute atomic E-state index is 12.1. The average molecular weight is 332 g/mol. The van der Waals surface area contributed by atoms with Crippen LogP contribution in [0, 0.1) is 13.8 Å². The molecule has 1 N–H and O–H groups in total. The SMILES string of the molecule is Cc1cccc(NC(=O)/C=C/c2c(Cl)nc3sccn23)c1C. The van der Waals surface area contributed by atoms with E-state index in [2.05, 4.69) is 10.3 Å². The van der Waals surface area contributed by atoms with Gasteiger partial charge in [0.05, 0.1) is 5.69 Å². The standard InChI is InChI=1S/C16H14ClN3OS/c1-10-4-3-5-12(11(10)2)18-14(21)7-6-13-15(17)19-16-20(13)8-9-22-16/h3-9H,1-2H3,(H,18,21)/b7-6+. The fourth-order valence-corrected chi connectivity index (χ4v) is 3.15. The summed E-state index contributed by atoms with van der Waals surface area (Å²) >= 11 is 7.59. The number of imidazole rings is 1. The van der Waals surface area contributed by atoms with Crippen LogP contribution in [-0.4, -0.2) is 15.3 Å². The third-order valence-corrected chi connectivity index (χ3v) is 4.54. The summed E-state index contributed by atoms with van der Waals surface area (Å²) in [7, 11) is 0. The molecule has 0 saturated carbocycles. The van der Waals surface area contributed by atoms with Crippen LogP contribution in [0.5, 0.6) is 0 Å². The van der Waals surface area contributed by atoms with Gasteiger partial charge in [0.15, 0.2) is 10.1 Å². The van der Waals surface area contributed by atoms with E-state index in [1.165, 1.54) is 17.4 Å². The van der Waals surface area contributed by atoms with E-state index in [1.807, 2.05) is 48.0 Å². The number of halogens is 1. The third-order valence-electron chi connectivity index (χ3n) is 3.51. The Morgan fingerprint density at radius 2 is 2.23 bits per heavy atom. The fraction of sp³-hybridized carbons (Fsp3) is 0.125. The maximum atomic E-state index is 12.1. The lowest BCUT2D eigenvalue weighted by Gasteiger charge is -2.08. The number of fused-ring (bicyclic) bond motifs is 1. The Morgan fingerprint density at radius 3 is 3.05 bits per heavy atom. The third kappa shape index (κ3) is 2.77. The summed E-state index contributed by atoms with van der Waals surface area (Å²) in [5.74, 6) is -0.199. The van der Waals surface area contributed by atoms with Crippen molar-refractivity contribution in [1.82, 2.24) is 9.38 Å². The van der Waals surface area contributed by atoms with Crippen molar-refractivity contribution in [1.29, 1.82) is 0 Å². The lowest BCUT2D eigenvalue weighted by Crippen LogP contribution is -2.09. The van der Waals surface area contributed by atoms with E-state index >= 15 is 0 Å². The smallest absolute Gasteiger partial charge is 0.248 e.